The Bertz CT molecular complexity index is 758. The summed E-state index contributed by atoms with van der Waals surface area (Å²) in [6.07, 6.45) is 15.8. The van der Waals surface area contributed by atoms with Crippen LogP contribution in [0.2, 0.25) is 0 Å². The molecule has 0 amide bonds. The van der Waals surface area contributed by atoms with Gasteiger partial charge in [0.15, 0.2) is 0 Å². The molecule has 1 aromatic carbocycles. The maximum Gasteiger partial charge on any atom is 0.130 e. The molecule has 4 nitrogen and oxygen atoms in total. The second kappa shape index (κ2) is 8.44. The van der Waals surface area contributed by atoms with Crippen LogP contribution in [0.4, 0.5) is 5.69 Å². The summed E-state index contributed by atoms with van der Waals surface area (Å²) in [7, 11) is 0. The molecule has 1 aliphatic rings. The van der Waals surface area contributed by atoms with E-state index >= 15 is 0 Å². The minimum absolute atomic E-state index is 0.270. The lowest BCUT2D eigenvalue weighted by Gasteiger charge is -2.07. The van der Waals surface area contributed by atoms with Crippen LogP contribution >= 0.6 is 0 Å². The Kier molecular flexibility index (Phi) is 6.04. The number of terminal acetylenes is 1. The SMILES string of the molecule is C#C.C/C(O)=C\C=C1/Cc2cc(NCc3ccncc3)ccc2O1. The normalized spacial score (nSPS) is 14.3. The summed E-state index contributed by atoms with van der Waals surface area (Å²) in [6.45, 7) is 2.40. The van der Waals surface area contributed by atoms with E-state index in [0.717, 1.165) is 35.7 Å². The van der Waals surface area contributed by atoms with Crippen molar-refractivity contribution in [3.05, 3.63) is 77.5 Å². The molecule has 122 valence electrons. The molecule has 0 spiro atoms. The van der Waals surface area contributed by atoms with Gasteiger partial charge >= 0.3 is 0 Å². The van der Waals surface area contributed by atoms with Gasteiger partial charge in [-0.25, -0.2) is 0 Å². The van der Waals surface area contributed by atoms with Gasteiger partial charge in [-0.15, -0.1) is 12.8 Å². The number of allylic oxidation sites excluding steroid dienone is 4. The number of anilines is 1. The molecule has 2 N–H and O–H groups in total. The van der Waals surface area contributed by atoms with Crippen molar-refractivity contribution in [2.75, 3.05) is 5.32 Å². The number of benzene rings is 1. The van der Waals surface area contributed by atoms with Crippen LogP contribution < -0.4 is 10.1 Å². The van der Waals surface area contributed by atoms with Crippen molar-refractivity contribution in [2.24, 2.45) is 0 Å². The standard InChI is InChI=1S/C18H18N2O2.C2H2/c1-13(21)2-4-17-11-15-10-16(3-5-18(15)22-17)20-12-14-6-8-19-9-7-14;1-2/h2-10,20-21H,11-12H2,1H3;1-2H/b13-2+,17-4+;. The largest absolute Gasteiger partial charge is 0.513 e. The zero-order chi connectivity index (χ0) is 17.4. The smallest absolute Gasteiger partial charge is 0.130 e. The van der Waals surface area contributed by atoms with Crippen molar-refractivity contribution < 1.29 is 9.84 Å². The van der Waals surface area contributed by atoms with Gasteiger partial charge in [0.25, 0.3) is 0 Å². The van der Waals surface area contributed by atoms with Gasteiger partial charge in [0, 0.05) is 36.6 Å². The lowest BCUT2D eigenvalue weighted by Crippen LogP contribution is -1.99. The van der Waals surface area contributed by atoms with Crippen LogP contribution in [0, 0.1) is 12.8 Å². The van der Waals surface area contributed by atoms with Crippen LogP contribution in [0.3, 0.4) is 0 Å². The summed E-state index contributed by atoms with van der Waals surface area (Å²) in [5.74, 6) is 1.99. The van der Waals surface area contributed by atoms with Crippen molar-refractivity contribution in [1.29, 1.82) is 0 Å². The predicted molar refractivity (Wildman–Crippen MR) is 96.7 cm³/mol. The Hall–Kier alpha value is -3.19. The highest BCUT2D eigenvalue weighted by Gasteiger charge is 2.17. The molecule has 2 aromatic rings. The van der Waals surface area contributed by atoms with E-state index in [2.05, 4.69) is 29.2 Å². The number of aliphatic hydroxyl groups is 1. The first kappa shape index (κ1) is 17.2. The number of hydrogen-bond acceptors (Lipinski definition) is 4. The summed E-state index contributed by atoms with van der Waals surface area (Å²) in [5.41, 5.74) is 3.40. The number of aromatic nitrogens is 1. The first-order chi connectivity index (χ1) is 11.7. The molecule has 0 bridgehead atoms. The van der Waals surface area contributed by atoms with E-state index in [-0.39, 0.29) is 5.76 Å². The average molecular weight is 320 g/mol. The van der Waals surface area contributed by atoms with Crippen molar-refractivity contribution in [3.63, 3.8) is 0 Å². The molecule has 1 aromatic heterocycles. The van der Waals surface area contributed by atoms with E-state index in [1.165, 1.54) is 5.56 Å². The lowest BCUT2D eigenvalue weighted by molar-refractivity contribution is 0.412. The third kappa shape index (κ3) is 4.65. The molecule has 0 saturated carbocycles. The predicted octanol–water partition coefficient (Wildman–Crippen LogP) is 4.22. The van der Waals surface area contributed by atoms with Gasteiger partial charge < -0.3 is 15.2 Å². The van der Waals surface area contributed by atoms with Gasteiger partial charge in [0.2, 0.25) is 0 Å². The highest BCUT2D eigenvalue weighted by Crippen LogP contribution is 2.33. The van der Waals surface area contributed by atoms with Crippen molar-refractivity contribution in [1.82, 2.24) is 4.98 Å². The second-order valence-corrected chi connectivity index (χ2v) is 5.25. The van der Waals surface area contributed by atoms with Crippen LogP contribution in [0.5, 0.6) is 5.75 Å². The molecular formula is C20H20N2O2. The Morgan fingerprint density at radius 2 is 2.04 bits per heavy atom. The molecule has 24 heavy (non-hydrogen) atoms. The number of aliphatic hydroxyl groups excluding tert-OH is 1. The molecule has 4 heteroatoms. The fraction of sp³-hybridized carbons (Fsp3) is 0.150. The van der Waals surface area contributed by atoms with Crippen molar-refractivity contribution in [3.8, 4) is 18.6 Å². The highest BCUT2D eigenvalue weighted by atomic mass is 16.5. The zero-order valence-corrected chi connectivity index (χ0v) is 13.6. The van der Waals surface area contributed by atoms with Crippen LogP contribution in [-0.2, 0) is 13.0 Å². The first-order valence-electron chi connectivity index (χ1n) is 7.54. The molecule has 3 rings (SSSR count). The van der Waals surface area contributed by atoms with E-state index in [4.69, 9.17) is 4.74 Å². The number of nitrogens with zero attached hydrogens (tertiary/aromatic N) is 1. The Labute approximate surface area is 142 Å². The minimum Gasteiger partial charge on any atom is -0.513 e. The van der Waals surface area contributed by atoms with Crippen molar-refractivity contribution in [2.45, 2.75) is 19.9 Å². The molecule has 0 saturated heterocycles. The van der Waals surface area contributed by atoms with Gasteiger partial charge in [0.1, 0.15) is 11.5 Å². The van der Waals surface area contributed by atoms with Gasteiger partial charge in [-0.05, 0) is 55.0 Å². The van der Waals surface area contributed by atoms with E-state index in [1.807, 2.05) is 24.3 Å². The van der Waals surface area contributed by atoms with E-state index in [0.29, 0.717) is 0 Å². The van der Waals surface area contributed by atoms with Gasteiger partial charge in [-0.3, -0.25) is 4.98 Å². The number of fused-ring (bicyclic) bond motifs is 1. The van der Waals surface area contributed by atoms with E-state index in [1.54, 1.807) is 31.5 Å². The number of nitrogens with one attached hydrogen (secondary N) is 1. The molecule has 0 atom stereocenters. The van der Waals surface area contributed by atoms with Crippen LogP contribution in [-0.4, -0.2) is 10.1 Å². The second-order valence-electron chi connectivity index (χ2n) is 5.25. The minimum atomic E-state index is 0.270. The third-order valence-electron chi connectivity index (χ3n) is 3.42. The summed E-state index contributed by atoms with van der Waals surface area (Å²) < 4.78 is 5.74. The molecule has 0 unspecified atom stereocenters. The quantitative estimate of drug-likeness (QED) is 0.654. The van der Waals surface area contributed by atoms with Gasteiger partial charge in [-0.2, -0.15) is 0 Å². The Morgan fingerprint density at radius 1 is 1.29 bits per heavy atom. The number of ether oxygens (including phenoxy) is 1. The molecule has 2 heterocycles. The van der Waals surface area contributed by atoms with E-state index in [9.17, 15) is 5.11 Å². The van der Waals surface area contributed by atoms with Crippen LogP contribution in [0.1, 0.15) is 18.1 Å². The maximum absolute atomic E-state index is 9.20. The monoisotopic (exact) mass is 320 g/mol. The lowest BCUT2D eigenvalue weighted by atomic mass is 10.1. The van der Waals surface area contributed by atoms with Gasteiger partial charge in [0.05, 0.1) is 5.76 Å². The van der Waals surface area contributed by atoms with Crippen LogP contribution in [0.15, 0.2) is 66.4 Å². The average Bonchev–Trinajstić information content (AvgIpc) is 3.03. The maximum atomic E-state index is 9.20. The van der Waals surface area contributed by atoms with Gasteiger partial charge in [-0.1, -0.05) is 0 Å². The Morgan fingerprint density at radius 3 is 2.75 bits per heavy atom. The van der Waals surface area contributed by atoms with Crippen molar-refractivity contribution >= 4 is 5.69 Å². The number of pyridine rings is 1. The summed E-state index contributed by atoms with van der Waals surface area (Å²) in [6, 6.07) is 10.1. The molecule has 0 fully saturated rings. The summed E-state index contributed by atoms with van der Waals surface area (Å²) in [5, 5.41) is 12.6. The fourth-order valence-electron chi connectivity index (χ4n) is 2.30. The zero-order valence-electron chi connectivity index (χ0n) is 13.6. The highest BCUT2D eigenvalue weighted by molar-refractivity contribution is 5.54. The number of hydrogen-bond donors (Lipinski definition) is 2. The third-order valence-corrected chi connectivity index (χ3v) is 3.42. The first-order valence-corrected chi connectivity index (χ1v) is 7.54. The number of rotatable bonds is 4. The summed E-state index contributed by atoms with van der Waals surface area (Å²) >= 11 is 0. The van der Waals surface area contributed by atoms with Crippen LogP contribution in [0.25, 0.3) is 0 Å². The topological polar surface area (TPSA) is 54.4 Å². The molecular weight excluding hydrogens is 300 g/mol. The Balaban J connectivity index is 0.00000100. The summed E-state index contributed by atoms with van der Waals surface area (Å²) in [4.78, 5) is 4.01. The molecule has 1 aliphatic heterocycles. The van der Waals surface area contributed by atoms with E-state index < -0.39 is 0 Å². The molecule has 0 radical (unpaired) electrons. The fourth-order valence-corrected chi connectivity index (χ4v) is 2.30. The molecule has 0 aliphatic carbocycles.